The Morgan fingerprint density at radius 2 is 2.21 bits per heavy atom. The van der Waals surface area contributed by atoms with Crippen molar-refractivity contribution in [1.29, 1.82) is 0 Å². The van der Waals surface area contributed by atoms with E-state index in [1.165, 1.54) is 0 Å². The van der Waals surface area contributed by atoms with Crippen LogP contribution in [0.3, 0.4) is 0 Å². The van der Waals surface area contributed by atoms with E-state index in [2.05, 4.69) is 0 Å². The molecule has 0 aromatic rings. The van der Waals surface area contributed by atoms with Gasteiger partial charge in [0.25, 0.3) is 0 Å². The molecule has 110 valence electrons. The van der Waals surface area contributed by atoms with E-state index in [1.807, 2.05) is 44.5 Å². The van der Waals surface area contributed by atoms with Gasteiger partial charge in [-0.1, -0.05) is 13.8 Å². The van der Waals surface area contributed by atoms with Crippen LogP contribution < -0.4 is 5.73 Å². The number of nitrogens with zero attached hydrogens (tertiary/aromatic N) is 1. The van der Waals surface area contributed by atoms with Crippen LogP contribution in [0.25, 0.3) is 0 Å². The fraction of sp³-hybridized carbons (Fsp3) is 0.929. The van der Waals surface area contributed by atoms with Gasteiger partial charge >= 0.3 is 0 Å². The fourth-order valence-corrected chi connectivity index (χ4v) is 4.37. The Labute approximate surface area is 120 Å². The van der Waals surface area contributed by atoms with Crippen molar-refractivity contribution in [2.75, 3.05) is 25.2 Å². The second kappa shape index (κ2) is 5.26. The van der Waals surface area contributed by atoms with Crippen molar-refractivity contribution in [3.63, 3.8) is 0 Å². The minimum atomic E-state index is -0.769. The first kappa shape index (κ1) is 15.1. The van der Waals surface area contributed by atoms with E-state index in [0.717, 1.165) is 17.9 Å². The average Bonchev–Trinajstić information content (AvgIpc) is 2.90. The summed E-state index contributed by atoms with van der Waals surface area (Å²) in [6.45, 7) is 6.75. The van der Waals surface area contributed by atoms with Gasteiger partial charge in [0, 0.05) is 37.3 Å². The zero-order valence-electron chi connectivity index (χ0n) is 12.4. The first-order valence-electron chi connectivity index (χ1n) is 7.10. The van der Waals surface area contributed by atoms with Crippen LogP contribution in [0.2, 0.25) is 0 Å². The molecular weight excluding hydrogens is 260 g/mol. The second-order valence-electron chi connectivity index (χ2n) is 6.27. The van der Waals surface area contributed by atoms with Gasteiger partial charge < -0.3 is 15.4 Å². The molecule has 1 saturated carbocycles. The van der Waals surface area contributed by atoms with Crippen LogP contribution >= 0.6 is 11.8 Å². The molecule has 1 saturated heterocycles. The Morgan fingerprint density at radius 1 is 1.53 bits per heavy atom. The summed E-state index contributed by atoms with van der Waals surface area (Å²) in [6.07, 6.45) is 1.81. The van der Waals surface area contributed by atoms with Crippen LogP contribution in [-0.2, 0) is 9.53 Å². The maximum absolute atomic E-state index is 12.7. The normalized spacial score (nSPS) is 36.9. The van der Waals surface area contributed by atoms with Crippen molar-refractivity contribution in [3.8, 4) is 0 Å². The van der Waals surface area contributed by atoms with Gasteiger partial charge in [-0.25, -0.2) is 0 Å². The zero-order chi connectivity index (χ0) is 14.3. The van der Waals surface area contributed by atoms with Gasteiger partial charge in [0.15, 0.2) is 0 Å². The number of thioether (sulfide) groups is 1. The van der Waals surface area contributed by atoms with Crippen molar-refractivity contribution in [3.05, 3.63) is 0 Å². The van der Waals surface area contributed by atoms with Crippen molar-refractivity contribution < 1.29 is 9.53 Å². The molecule has 2 fully saturated rings. The number of carbonyl (C=O) groups is 1. The summed E-state index contributed by atoms with van der Waals surface area (Å²) in [4.78, 5) is 14.6. The van der Waals surface area contributed by atoms with Crippen molar-refractivity contribution in [1.82, 2.24) is 4.90 Å². The average molecular weight is 286 g/mol. The van der Waals surface area contributed by atoms with Crippen molar-refractivity contribution in [2.45, 2.75) is 51.3 Å². The quantitative estimate of drug-likeness (QED) is 0.850. The Morgan fingerprint density at radius 3 is 2.68 bits per heavy atom. The fourth-order valence-electron chi connectivity index (χ4n) is 3.11. The van der Waals surface area contributed by atoms with Gasteiger partial charge in [0.05, 0.1) is 6.10 Å². The lowest BCUT2D eigenvalue weighted by atomic mass is 9.54. The number of nitrogens with two attached hydrogens (primary N) is 1. The van der Waals surface area contributed by atoms with Crippen LogP contribution in [0.4, 0.5) is 0 Å². The van der Waals surface area contributed by atoms with E-state index in [4.69, 9.17) is 10.5 Å². The number of rotatable bonds is 4. The molecule has 2 N–H and O–H groups in total. The van der Waals surface area contributed by atoms with E-state index in [0.29, 0.717) is 19.1 Å². The van der Waals surface area contributed by atoms with E-state index in [9.17, 15) is 4.79 Å². The summed E-state index contributed by atoms with van der Waals surface area (Å²) in [5, 5.41) is 0. The number of ether oxygens (including phenoxy) is 1. The monoisotopic (exact) mass is 286 g/mol. The molecule has 0 aromatic heterocycles. The van der Waals surface area contributed by atoms with Crippen LogP contribution in [0.15, 0.2) is 0 Å². The van der Waals surface area contributed by atoms with Gasteiger partial charge in [-0.15, -0.1) is 0 Å². The van der Waals surface area contributed by atoms with Crippen LogP contribution in [0.1, 0.15) is 33.6 Å². The lowest BCUT2D eigenvalue weighted by Gasteiger charge is -2.58. The predicted octanol–water partition coefficient (Wildman–Crippen LogP) is 1.48. The number of carbonyl (C=O) groups excluding carboxylic acids is 1. The summed E-state index contributed by atoms with van der Waals surface area (Å²) < 4.78 is 5.69. The standard InChI is InChI=1S/C14H26N2O2S/c1-5-18-11-8-14(15,13(11,2)3)12(17)16(4)10-6-7-19-9-10/h10-11H,5-9,15H2,1-4H3. The first-order chi connectivity index (χ1) is 8.84. The SMILES string of the molecule is CCOC1CC(N)(C(=O)N(C)C2CCSC2)C1(C)C. The molecule has 1 aliphatic heterocycles. The largest absolute Gasteiger partial charge is 0.378 e. The van der Waals surface area contributed by atoms with Gasteiger partial charge in [-0.05, 0) is 19.1 Å². The molecule has 2 rings (SSSR count). The van der Waals surface area contributed by atoms with Crippen molar-refractivity contribution >= 4 is 17.7 Å². The third kappa shape index (κ3) is 2.30. The molecule has 4 nitrogen and oxygen atoms in total. The third-order valence-corrected chi connectivity index (χ3v) is 6.13. The molecular formula is C14H26N2O2S. The van der Waals surface area contributed by atoms with Crippen LogP contribution in [0, 0.1) is 5.41 Å². The van der Waals surface area contributed by atoms with E-state index < -0.39 is 5.54 Å². The number of amides is 1. The van der Waals surface area contributed by atoms with Crippen molar-refractivity contribution in [2.24, 2.45) is 11.1 Å². The molecule has 3 unspecified atom stereocenters. The Bertz CT molecular complexity index is 355. The highest BCUT2D eigenvalue weighted by Crippen LogP contribution is 2.50. The second-order valence-corrected chi connectivity index (χ2v) is 7.42. The maximum Gasteiger partial charge on any atom is 0.243 e. The maximum atomic E-state index is 12.7. The number of likely N-dealkylation sites (N-methyl/N-ethyl adjacent to an activating group) is 1. The van der Waals surface area contributed by atoms with E-state index >= 15 is 0 Å². The molecule has 0 radical (unpaired) electrons. The first-order valence-corrected chi connectivity index (χ1v) is 8.25. The molecule has 19 heavy (non-hydrogen) atoms. The van der Waals surface area contributed by atoms with Crippen LogP contribution in [0.5, 0.6) is 0 Å². The molecule has 5 heteroatoms. The third-order valence-electron chi connectivity index (χ3n) is 4.99. The highest BCUT2D eigenvalue weighted by molar-refractivity contribution is 7.99. The van der Waals surface area contributed by atoms with Gasteiger partial charge in [0.2, 0.25) is 5.91 Å². The molecule has 1 heterocycles. The Balaban J connectivity index is 2.06. The lowest BCUT2D eigenvalue weighted by Crippen LogP contribution is -2.76. The van der Waals surface area contributed by atoms with Gasteiger partial charge in [-0.3, -0.25) is 4.79 Å². The van der Waals surface area contributed by atoms with E-state index in [1.54, 1.807) is 0 Å². The highest BCUT2D eigenvalue weighted by atomic mass is 32.2. The van der Waals surface area contributed by atoms with Gasteiger partial charge in [0.1, 0.15) is 5.54 Å². The molecule has 3 atom stereocenters. The highest BCUT2D eigenvalue weighted by Gasteiger charge is 2.63. The Kier molecular flexibility index (Phi) is 4.19. The molecule has 0 aromatic carbocycles. The molecule has 2 aliphatic rings. The summed E-state index contributed by atoms with van der Waals surface area (Å²) in [5.74, 6) is 2.26. The number of hydrogen-bond acceptors (Lipinski definition) is 4. The van der Waals surface area contributed by atoms with Gasteiger partial charge in [-0.2, -0.15) is 11.8 Å². The number of hydrogen-bond donors (Lipinski definition) is 1. The van der Waals surface area contributed by atoms with Crippen LogP contribution in [-0.4, -0.2) is 53.7 Å². The molecule has 1 amide bonds. The Hall–Kier alpha value is -0.260. The topological polar surface area (TPSA) is 55.6 Å². The minimum Gasteiger partial charge on any atom is -0.378 e. The summed E-state index contributed by atoms with van der Waals surface area (Å²) in [6, 6.07) is 0.347. The predicted molar refractivity (Wildman–Crippen MR) is 79.2 cm³/mol. The smallest absolute Gasteiger partial charge is 0.243 e. The minimum absolute atomic E-state index is 0.0842. The zero-order valence-corrected chi connectivity index (χ0v) is 13.3. The summed E-state index contributed by atoms with van der Waals surface area (Å²) in [7, 11) is 1.90. The molecule has 0 bridgehead atoms. The lowest BCUT2D eigenvalue weighted by molar-refractivity contribution is -0.179. The summed E-state index contributed by atoms with van der Waals surface area (Å²) >= 11 is 1.91. The molecule has 0 spiro atoms. The molecule has 1 aliphatic carbocycles. The summed E-state index contributed by atoms with van der Waals surface area (Å²) in [5.41, 5.74) is 5.37. The van der Waals surface area contributed by atoms with E-state index in [-0.39, 0.29) is 17.4 Å².